The first-order valence-electron chi connectivity index (χ1n) is 10.1. The number of non-ortho nitro benzene ring substituents is 1. The number of carbonyl (C=O) groups is 3. The van der Waals surface area contributed by atoms with Gasteiger partial charge in [0.15, 0.2) is 0 Å². The number of rotatable bonds is 5. The van der Waals surface area contributed by atoms with Crippen molar-refractivity contribution in [1.29, 1.82) is 0 Å². The van der Waals surface area contributed by atoms with Gasteiger partial charge in [-0.25, -0.2) is 5.01 Å². The quantitative estimate of drug-likeness (QED) is 0.397. The summed E-state index contributed by atoms with van der Waals surface area (Å²) in [5.74, 6) is -2.36. The van der Waals surface area contributed by atoms with Crippen LogP contribution in [0, 0.1) is 22.0 Å². The van der Waals surface area contributed by atoms with Crippen LogP contribution in [0.15, 0.2) is 48.5 Å². The number of halogens is 1. The summed E-state index contributed by atoms with van der Waals surface area (Å²) in [4.78, 5) is 50.3. The Hall–Kier alpha value is -3.26. The van der Waals surface area contributed by atoms with E-state index in [1.807, 2.05) is 0 Å². The lowest BCUT2D eigenvalue weighted by Gasteiger charge is -2.31. The fraction of sp³-hybridized carbons (Fsp3) is 0.318. The maximum absolute atomic E-state index is 13.4. The summed E-state index contributed by atoms with van der Waals surface area (Å²) in [5, 5.41) is 13.6. The van der Waals surface area contributed by atoms with Crippen molar-refractivity contribution in [3.05, 3.63) is 74.8 Å². The van der Waals surface area contributed by atoms with Gasteiger partial charge in [-0.05, 0) is 30.5 Å². The second kappa shape index (κ2) is 8.47. The van der Waals surface area contributed by atoms with Crippen LogP contribution in [0.1, 0.15) is 41.6 Å². The van der Waals surface area contributed by atoms with Crippen LogP contribution in [-0.2, 0) is 16.1 Å². The Labute approximate surface area is 183 Å². The van der Waals surface area contributed by atoms with Gasteiger partial charge in [0.25, 0.3) is 23.4 Å². The third kappa shape index (κ3) is 3.90. The Morgan fingerprint density at radius 3 is 2.32 bits per heavy atom. The molecule has 0 unspecified atom stereocenters. The molecule has 31 heavy (non-hydrogen) atoms. The maximum atomic E-state index is 13.4. The number of imide groups is 1. The molecule has 2 fully saturated rings. The molecule has 2 aliphatic rings. The van der Waals surface area contributed by atoms with Gasteiger partial charge in [0.05, 0.1) is 23.3 Å². The molecule has 0 radical (unpaired) electrons. The zero-order chi connectivity index (χ0) is 22.1. The van der Waals surface area contributed by atoms with Gasteiger partial charge in [-0.2, -0.15) is 5.01 Å². The van der Waals surface area contributed by atoms with E-state index >= 15 is 0 Å². The monoisotopic (exact) mass is 441 g/mol. The van der Waals surface area contributed by atoms with Crippen LogP contribution in [0.5, 0.6) is 0 Å². The largest absolute Gasteiger partial charge is 0.273 e. The van der Waals surface area contributed by atoms with Crippen LogP contribution < -0.4 is 0 Å². The van der Waals surface area contributed by atoms with E-state index < -0.39 is 34.5 Å². The molecule has 0 bridgehead atoms. The maximum Gasteiger partial charge on any atom is 0.273 e. The van der Waals surface area contributed by atoms with Crippen molar-refractivity contribution < 1.29 is 19.3 Å². The molecule has 1 heterocycles. The van der Waals surface area contributed by atoms with Crippen LogP contribution in [0.2, 0.25) is 5.02 Å². The zero-order valence-corrected chi connectivity index (χ0v) is 17.3. The van der Waals surface area contributed by atoms with E-state index in [1.54, 1.807) is 24.3 Å². The minimum absolute atomic E-state index is 0.0109. The zero-order valence-electron chi connectivity index (χ0n) is 16.6. The summed E-state index contributed by atoms with van der Waals surface area (Å²) in [6, 6.07) is 12.1. The number of nitro benzene ring substituents is 1. The predicted octanol–water partition coefficient (Wildman–Crippen LogP) is 3.98. The third-order valence-corrected chi connectivity index (χ3v) is 6.24. The molecule has 8 nitrogen and oxygen atoms in total. The molecule has 1 aliphatic heterocycles. The highest BCUT2D eigenvalue weighted by Gasteiger charge is 2.51. The molecule has 4 rings (SSSR count). The van der Waals surface area contributed by atoms with E-state index in [0.717, 1.165) is 28.9 Å². The standard InChI is InChI=1S/C22H20ClN3O5/c23-19-11-4-1-6-15(19)13-24(20(27)14-7-5-8-16(12-14)26(30)31)25-21(28)17-9-2-3-10-18(17)22(25)29/h1,4-8,11-12,17-18H,2-3,9-10,13H2/t17-,18+. The summed E-state index contributed by atoms with van der Waals surface area (Å²) in [6.45, 7) is -0.113. The Morgan fingerprint density at radius 1 is 1.06 bits per heavy atom. The van der Waals surface area contributed by atoms with E-state index in [9.17, 15) is 24.5 Å². The van der Waals surface area contributed by atoms with Crippen LogP contribution in [0.3, 0.4) is 0 Å². The molecule has 2 aromatic carbocycles. The average molecular weight is 442 g/mol. The highest BCUT2D eigenvalue weighted by molar-refractivity contribution is 6.31. The molecule has 9 heteroatoms. The van der Waals surface area contributed by atoms with Crippen molar-refractivity contribution in [1.82, 2.24) is 10.0 Å². The summed E-state index contributed by atoms with van der Waals surface area (Å²) >= 11 is 6.27. The third-order valence-electron chi connectivity index (χ3n) is 5.88. The van der Waals surface area contributed by atoms with Gasteiger partial charge in [0.2, 0.25) is 0 Å². The predicted molar refractivity (Wildman–Crippen MR) is 112 cm³/mol. The Kier molecular flexibility index (Phi) is 5.73. The SMILES string of the molecule is O=C(c1cccc([N+](=O)[O-])c1)N(Cc1ccccc1Cl)N1C(=O)[C@H]2CCCC[C@H]2C1=O. The van der Waals surface area contributed by atoms with Crippen molar-refractivity contribution in [3.8, 4) is 0 Å². The second-order valence-corrected chi connectivity index (χ2v) is 8.15. The summed E-state index contributed by atoms with van der Waals surface area (Å²) in [6.07, 6.45) is 2.93. The normalized spacial score (nSPS) is 20.5. The Bertz CT molecular complexity index is 1050. The number of hydrogen-bond acceptors (Lipinski definition) is 5. The molecule has 3 amide bonds. The number of amides is 3. The summed E-state index contributed by atoms with van der Waals surface area (Å²) in [7, 11) is 0. The average Bonchev–Trinajstić information content (AvgIpc) is 3.03. The molecule has 1 saturated carbocycles. The van der Waals surface area contributed by atoms with Crippen LogP contribution >= 0.6 is 11.6 Å². The lowest BCUT2D eigenvalue weighted by atomic mass is 9.81. The molecular formula is C22H20ClN3O5. The molecule has 160 valence electrons. The molecule has 2 atom stereocenters. The van der Waals surface area contributed by atoms with E-state index in [0.29, 0.717) is 23.4 Å². The lowest BCUT2D eigenvalue weighted by molar-refractivity contribution is -0.384. The van der Waals surface area contributed by atoms with Gasteiger partial charge < -0.3 is 0 Å². The van der Waals surface area contributed by atoms with Crippen LogP contribution in [-0.4, -0.2) is 32.7 Å². The summed E-state index contributed by atoms with van der Waals surface area (Å²) < 4.78 is 0. The molecule has 2 aromatic rings. The van der Waals surface area contributed by atoms with Gasteiger partial charge in [-0.3, -0.25) is 24.5 Å². The molecule has 0 N–H and O–H groups in total. The highest BCUT2D eigenvalue weighted by Crippen LogP contribution is 2.39. The van der Waals surface area contributed by atoms with Crippen molar-refractivity contribution in [2.45, 2.75) is 32.2 Å². The van der Waals surface area contributed by atoms with Gasteiger partial charge in [0.1, 0.15) is 0 Å². The highest BCUT2D eigenvalue weighted by atomic mass is 35.5. The van der Waals surface area contributed by atoms with Gasteiger partial charge in [0, 0.05) is 22.7 Å². The minimum Gasteiger partial charge on any atom is -0.272 e. The van der Waals surface area contributed by atoms with E-state index in [-0.39, 0.29) is 17.8 Å². The number of nitro groups is 1. The first kappa shape index (κ1) is 21.0. The molecule has 0 aromatic heterocycles. The van der Waals surface area contributed by atoms with Gasteiger partial charge in [-0.1, -0.05) is 48.7 Å². The number of benzene rings is 2. The van der Waals surface area contributed by atoms with E-state index in [1.165, 1.54) is 18.2 Å². The fourth-order valence-electron chi connectivity index (χ4n) is 4.31. The van der Waals surface area contributed by atoms with Crippen molar-refractivity contribution in [2.75, 3.05) is 0 Å². The number of hydrogen-bond donors (Lipinski definition) is 0. The topological polar surface area (TPSA) is 101 Å². The second-order valence-electron chi connectivity index (χ2n) is 7.75. The van der Waals surface area contributed by atoms with Gasteiger partial charge >= 0.3 is 0 Å². The van der Waals surface area contributed by atoms with Crippen molar-refractivity contribution in [3.63, 3.8) is 0 Å². The first-order valence-corrected chi connectivity index (χ1v) is 10.4. The lowest BCUT2D eigenvalue weighted by Crippen LogP contribution is -2.49. The number of hydrazine groups is 1. The van der Waals surface area contributed by atoms with Gasteiger partial charge in [-0.15, -0.1) is 0 Å². The van der Waals surface area contributed by atoms with Crippen LogP contribution in [0.4, 0.5) is 5.69 Å². The van der Waals surface area contributed by atoms with Crippen molar-refractivity contribution >= 4 is 35.0 Å². The Morgan fingerprint density at radius 2 is 1.71 bits per heavy atom. The van der Waals surface area contributed by atoms with E-state index in [2.05, 4.69) is 0 Å². The van der Waals surface area contributed by atoms with Crippen LogP contribution in [0.25, 0.3) is 0 Å². The fourth-order valence-corrected chi connectivity index (χ4v) is 4.50. The number of nitrogens with zero attached hydrogens (tertiary/aromatic N) is 3. The van der Waals surface area contributed by atoms with E-state index in [4.69, 9.17) is 11.6 Å². The first-order chi connectivity index (χ1) is 14.9. The smallest absolute Gasteiger partial charge is 0.272 e. The molecule has 0 spiro atoms. The van der Waals surface area contributed by atoms with Crippen molar-refractivity contribution in [2.24, 2.45) is 11.8 Å². The minimum atomic E-state index is -0.677. The Balaban J connectivity index is 1.75. The molecular weight excluding hydrogens is 422 g/mol. The molecule has 1 aliphatic carbocycles. The summed E-state index contributed by atoms with van der Waals surface area (Å²) in [5.41, 5.74) is 0.312. The number of carbonyl (C=O) groups excluding carboxylic acids is 3. The molecule has 1 saturated heterocycles. The number of fused-ring (bicyclic) bond motifs is 1.